The number of nitrogens with zero attached hydrogens (tertiary/aromatic N) is 4. The molecule has 0 aliphatic rings. The molecule has 0 radical (unpaired) electrons. The Bertz CT molecular complexity index is 1130. The van der Waals surface area contributed by atoms with Gasteiger partial charge in [-0.15, -0.1) is 0 Å². The number of amides is 1. The topological polar surface area (TPSA) is 71.0 Å². The van der Waals surface area contributed by atoms with Gasteiger partial charge in [0, 0.05) is 48.7 Å². The molecule has 138 valence electrons. The zero-order chi connectivity index (χ0) is 19.5. The Morgan fingerprint density at radius 3 is 2.36 bits per heavy atom. The number of pyridine rings is 1. The highest BCUT2D eigenvalue weighted by Gasteiger charge is 2.10. The van der Waals surface area contributed by atoms with Gasteiger partial charge < -0.3 is 10.2 Å². The summed E-state index contributed by atoms with van der Waals surface area (Å²) in [5, 5.41) is 4.32. The van der Waals surface area contributed by atoms with E-state index in [-0.39, 0.29) is 5.91 Å². The molecule has 4 aromatic rings. The molecule has 4 rings (SSSR count). The average molecular weight is 369 g/mol. The molecule has 1 N–H and O–H groups in total. The maximum absolute atomic E-state index is 11.5. The monoisotopic (exact) mass is 369 g/mol. The summed E-state index contributed by atoms with van der Waals surface area (Å²) in [4.78, 5) is 26.6. The van der Waals surface area contributed by atoms with E-state index in [9.17, 15) is 4.79 Å². The van der Waals surface area contributed by atoms with E-state index in [0.29, 0.717) is 5.82 Å². The van der Waals surface area contributed by atoms with Gasteiger partial charge >= 0.3 is 0 Å². The molecule has 0 aliphatic heterocycles. The number of para-hydroxylation sites is 1. The van der Waals surface area contributed by atoms with Gasteiger partial charge in [-0.2, -0.15) is 0 Å². The van der Waals surface area contributed by atoms with Crippen molar-refractivity contribution in [1.82, 2.24) is 15.0 Å². The van der Waals surface area contributed by atoms with Crippen LogP contribution in [0.4, 0.5) is 17.2 Å². The summed E-state index contributed by atoms with van der Waals surface area (Å²) in [6.07, 6.45) is 3.45. The van der Waals surface area contributed by atoms with Crippen LogP contribution in [0.25, 0.3) is 22.3 Å². The lowest BCUT2D eigenvalue weighted by atomic mass is 10.2. The number of rotatable bonds is 4. The van der Waals surface area contributed by atoms with Gasteiger partial charge in [-0.3, -0.25) is 9.78 Å². The van der Waals surface area contributed by atoms with Crippen LogP contribution in [0.1, 0.15) is 6.92 Å². The molecular formula is C22H19N5O. The summed E-state index contributed by atoms with van der Waals surface area (Å²) in [7, 11) is 1.75. The fraction of sp³-hybridized carbons (Fsp3) is 0.0909. The third-order valence-electron chi connectivity index (χ3n) is 4.53. The smallest absolute Gasteiger partial charge is 0.223 e. The molecule has 0 atom stereocenters. The second kappa shape index (κ2) is 7.44. The first-order valence-electron chi connectivity index (χ1n) is 8.90. The predicted octanol–water partition coefficient (Wildman–Crippen LogP) is 4.42. The number of hydrogen-bond donors (Lipinski definition) is 1. The number of carbonyl (C=O) groups excluding carboxylic acids is 1. The van der Waals surface area contributed by atoms with E-state index in [1.807, 2.05) is 60.7 Å². The maximum Gasteiger partial charge on any atom is 0.223 e. The minimum absolute atomic E-state index is 0.00973. The number of nitrogens with one attached hydrogen (secondary N) is 1. The minimum Gasteiger partial charge on any atom is -0.340 e. The van der Waals surface area contributed by atoms with Crippen molar-refractivity contribution >= 4 is 34.0 Å². The largest absolute Gasteiger partial charge is 0.340 e. The third kappa shape index (κ3) is 3.53. The average Bonchev–Trinajstić information content (AvgIpc) is 2.74. The Morgan fingerprint density at radius 2 is 1.64 bits per heavy atom. The molecule has 28 heavy (non-hydrogen) atoms. The standard InChI is InChI=1S/C22H19N5O/c1-15(28)27(2)18-9-7-17(8-10-18)24-22-19-5-3-4-6-20(19)25-21(26-22)16-11-13-23-14-12-16/h3-14H,1-2H3,(H,24,25,26). The molecule has 0 saturated heterocycles. The van der Waals surface area contributed by atoms with E-state index in [2.05, 4.69) is 15.3 Å². The molecule has 0 saturated carbocycles. The first-order chi connectivity index (χ1) is 13.6. The molecular weight excluding hydrogens is 350 g/mol. The van der Waals surface area contributed by atoms with Crippen LogP contribution in [0, 0.1) is 0 Å². The number of aromatic nitrogens is 3. The van der Waals surface area contributed by atoms with Gasteiger partial charge in [0.25, 0.3) is 0 Å². The number of carbonyl (C=O) groups is 1. The van der Waals surface area contributed by atoms with E-state index >= 15 is 0 Å². The van der Waals surface area contributed by atoms with Gasteiger partial charge in [0.05, 0.1) is 5.52 Å². The molecule has 2 aromatic carbocycles. The van der Waals surface area contributed by atoms with Crippen LogP contribution in [0.5, 0.6) is 0 Å². The molecule has 0 unspecified atom stereocenters. The summed E-state index contributed by atoms with van der Waals surface area (Å²) in [5.74, 6) is 1.35. The molecule has 2 heterocycles. The lowest BCUT2D eigenvalue weighted by Gasteiger charge is -2.16. The van der Waals surface area contributed by atoms with Crippen LogP contribution in [0.15, 0.2) is 73.1 Å². The van der Waals surface area contributed by atoms with Gasteiger partial charge in [0.2, 0.25) is 5.91 Å². The van der Waals surface area contributed by atoms with Gasteiger partial charge in [0.15, 0.2) is 5.82 Å². The van der Waals surface area contributed by atoms with Gasteiger partial charge in [-0.05, 0) is 48.5 Å². The highest BCUT2D eigenvalue weighted by molar-refractivity contribution is 5.93. The molecule has 2 aromatic heterocycles. The molecule has 0 aliphatic carbocycles. The maximum atomic E-state index is 11.5. The summed E-state index contributed by atoms with van der Waals surface area (Å²) < 4.78 is 0. The first-order valence-corrected chi connectivity index (χ1v) is 8.90. The highest BCUT2D eigenvalue weighted by Crippen LogP contribution is 2.28. The quantitative estimate of drug-likeness (QED) is 0.577. The minimum atomic E-state index is -0.00973. The van der Waals surface area contributed by atoms with Crippen molar-refractivity contribution in [2.24, 2.45) is 0 Å². The van der Waals surface area contributed by atoms with Crippen molar-refractivity contribution in [3.8, 4) is 11.4 Å². The molecule has 0 bridgehead atoms. The number of hydrogen-bond acceptors (Lipinski definition) is 5. The van der Waals surface area contributed by atoms with Crippen molar-refractivity contribution in [3.63, 3.8) is 0 Å². The number of fused-ring (bicyclic) bond motifs is 1. The SMILES string of the molecule is CC(=O)N(C)c1ccc(Nc2nc(-c3ccncc3)nc3ccccc23)cc1. The molecule has 0 fully saturated rings. The summed E-state index contributed by atoms with van der Waals surface area (Å²) in [6.45, 7) is 1.54. The van der Waals surface area contributed by atoms with Crippen LogP contribution in [0.2, 0.25) is 0 Å². The predicted molar refractivity (Wildman–Crippen MR) is 112 cm³/mol. The molecule has 6 heteroatoms. The van der Waals surface area contributed by atoms with Crippen LogP contribution in [-0.2, 0) is 4.79 Å². The van der Waals surface area contributed by atoms with Gasteiger partial charge in [0.1, 0.15) is 5.82 Å². The zero-order valence-electron chi connectivity index (χ0n) is 15.6. The fourth-order valence-electron chi connectivity index (χ4n) is 2.89. The van der Waals surface area contributed by atoms with E-state index in [0.717, 1.165) is 33.7 Å². The summed E-state index contributed by atoms with van der Waals surface area (Å²) >= 11 is 0. The molecule has 0 spiro atoms. The highest BCUT2D eigenvalue weighted by atomic mass is 16.2. The van der Waals surface area contributed by atoms with Crippen LogP contribution < -0.4 is 10.2 Å². The fourth-order valence-corrected chi connectivity index (χ4v) is 2.89. The van der Waals surface area contributed by atoms with E-state index in [1.165, 1.54) is 0 Å². The Labute approximate surface area is 162 Å². The number of benzene rings is 2. The summed E-state index contributed by atoms with van der Waals surface area (Å²) in [5.41, 5.74) is 3.48. The molecule has 6 nitrogen and oxygen atoms in total. The second-order valence-electron chi connectivity index (χ2n) is 6.40. The Morgan fingerprint density at radius 1 is 0.929 bits per heavy atom. The van der Waals surface area contributed by atoms with E-state index in [4.69, 9.17) is 4.98 Å². The Hall–Kier alpha value is -3.80. The Kier molecular flexibility index (Phi) is 4.68. The van der Waals surface area contributed by atoms with Crippen molar-refractivity contribution in [2.45, 2.75) is 6.92 Å². The van der Waals surface area contributed by atoms with Gasteiger partial charge in [-0.1, -0.05) is 12.1 Å². The summed E-state index contributed by atoms with van der Waals surface area (Å²) in [6, 6.07) is 19.3. The van der Waals surface area contributed by atoms with Crippen LogP contribution in [0.3, 0.4) is 0 Å². The third-order valence-corrected chi connectivity index (χ3v) is 4.53. The zero-order valence-corrected chi connectivity index (χ0v) is 15.6. The van der Waals surface area contributed by atoms with Crippen LogP contribution >= 0.6 is 0 Å². The van der Waals surface area contributed by atoms with Crippen molar-refractivity contribution in [1.29, 1.82) is 0 Å². The first kappa shape index (κ1) is 17.6. The Balaban J connectivity index is 1.73. The van der Waals surface area contributed by atoms with Crippen molar-refractivity contribution in [2.75, 3.05) is 17.3 Å². The van der Waals surface area contributed by atoms with Gasteiger partial charge in [-0.25, -0.2) is 9.97 Å². The number of anilines is 3. The van der Waals surface area contributed by atoms with E-state index < -0.39 is 0 Å². The lowest BCUT2D eigenvalue weighted by Crippen LogP contribution is -2.22. The normalized spacial score (nSPS) is 10.6. The second-order valence-corrected chi connectivity index (χ2v) is 6.40. The molecule has 1 amide bonds. The van der Waals surface area contributed by atoms with Crippen LogP contribution in [-0.4, -0.2) is 27.9 Å². The van der Waals surface area contributed by atoms with E-state index in [1.54, 1.807) is 31.3 Å². The van der Waals surface area contributed by atoms with Crippen molar-refractivity contribution < 1.29 is 4.79 Å². The lowest BCUT2D eigenvalue weighted by molar-refractivity contribution is -0.116. The van der Waals surface area contributed by atoms with Crippen molar-refractivity contribution in [3.05, 3.63) is 73.1 Å².